The van der Waals surface area contributed by atoms with Gasteiger partial charge in [0.25, 0.3) is 0 Å². The van der Waals surface area contributed by atoms with E-state index in [0.29, 0.717) is 32.5 Å². The fraction of sp³-hybridized carbons (Fsp3) is 0.588. The number of sulfonamides is 1. The Morgan fingerprint density at radius 1 is 1.24 bits per heavy atom. The number of amides is 1. The Morgan fingerprint density at radius 3 is 2.56 bits per heavy atom. The Hall–Kier alpha value is -1.31. The van der Waals surface area contributed by atoms with Crippen LogP contribution in [0, 0.1) is 5.92 Å². The van der Waals surface area contributed by atoms with Gasteiger partial charge in [-0.25, -0.2) is 12.7 Å². The molecule has 0 aromatic heterocycles. The third kappa shape index (κ3) is 3.93. The van der Waals surface area contributed by atoms with Crippen molar-refractivity contribution < 1.29 is 13.2 Å². The molecule has 8 heteroatoms. The number of piperidine rings is 1. The second-order valence-corrected chi connectivity index (χ2v) is 8.77. The Kier molecular flexibility index (Phi) is 6.35. The molecule has 1 aromatic carbocycles. The van der Waals surface area contributed by atoms with E-state index in [9.17, 15) is 13.2 Å². The molecule has 2 aliphatic heterocycles. The highest BCUT2D eigenvalue weighted by molar-refractivity contribution is 7.89. The van der Waals surface area contributed by atoms with Crippen LogP contribution in [0.1, 0.15) is 31.7 Å². The number of nitrogen functional groups attached to an aromatic ring is 1. The van der Waals surface area contributed by atoms with Gasteiger partial charge in [0.15, 0.2) is 0 Å². The second-order valence-electron chi connectivity index (χ2n) is 6.51. The number of carbonyl (C=O) groups excluding carboxylic acids is 1. The van der Waals surface area contributed by atoms with E-state index < -0.39 is 10.0 Å². The van der Waals surface area contributed by atoms with Crippen LogP contribution in [0.3, 0.4) is 0 Å². The van der Waals surface area contributed by atoms with Gasteiger partial charge in [-0.1, -0.05) is 6.07 Å². The predicted molar refractivity (Wildman–Crippen MR) is 103 cm³/mol. The number of benzene rings is 1. The lowest BCUT2D eigenvalue weighted by molar-refractivity contribution is -0.123. The van der Waals surface area contributed by atoms with Gasteiger partial charge in [-0.3, -0.25) is 4.79 Å². The first-order valence-corrected chi connectivity index (χ1v) is 10.2. The van der Waals surface area contributed by atoms with Crippen LogP contribution >= 0.6 is 12.4 Å². The topological polar surface area (TPSA) is 83.7 Å². The van der Waals surface area contributed by atoms with Gasteiger partial charge in [0.1, 0.15) is 0 Å². The summed E-state index contributed by atoms with van der Waals surface area (Å²) >= 11 is 0. The first-order chi connectivity index (χ1) is 11.4. The standard InChI is InChI=1S/C17H25N3O3S.ClH/c1-2-24(22,23)19-11-8-13(9-12-19)17(21)20-10-4-5-14-15(18)6-3-7-16(14)20;/h3,6-7,13H,2,4-5,8-12,18H2,1H3;1H. The number of nitrogens with zero attached hydrogens (tertiary/aromatic N) is 2. The van der Waals surface area contributed by atoms with Crippen molar-refractivity contribution in [3.63, 3.8) is 0 Å². The highest BCUT2D eigenvalue weighted by Crippen LogP contribution is 2.33. The summed E-state index contributed by atoms with van der Waals surface area (Å²) in [6.07, 6.45) is 2.99. The zero-order valence-corrected chi connectivity index (χ0v) is 16.1. The van der Waals surface area contributed by atoms with Gasteiger partial charge in [0.05, 0.1) is 5.75 Å². The third-order valence-corrected chi connectivity index (χ3v) is 7.00. The Labute approximate surface area is 155 Å². The molecule has 1 saturated heterocycles. The summed E-state index contributed by atoms with van der Waals surface area (Å²) in [5.74, 6) is 0.112. The monoisotopic (exact) mass is 387 g/mol. The van der Waals surface area contributed by atoms with Crippen molar-refractivity contribution in [2.75, 3.05) is 36.0 Å². The maximum Gasteiger partial charge on any atom is 0.230 e. The average Bonchev–Trinajstić information content (AvgIpc) is 2.61. The van der Waals surface area contributed by atoms with Crippen molar-refractivity contribution in [2.45, 2.75) is 32.6 Å². The summed E-state index contributed by atoms with van der Waals surface area (Å²) in [6, 6.07) is 5.72. The minimum Gasteiger partial charge on any atom is -0.398 e. The molecule has 1 aromatic rings. The molecule has 2 N–H and O–H groups in total. The van der Waals surface area contributed by atoms with Crippen LogP contribution in [0.15, 0.2) is 18.2 Å². The van der Waals surface area contributed by atoms with Crippen molar-refractivity contribution in [3.05, 3.63) is 23.8 Å². The average molecular weight is 388 g/mol. The van der Waals surface area contributed by atoms with Crippen LogP contribution in [0.2, 0.25) is 0 Å². The molecular weight excluding hydrogens is 362 g/mol. The van der Waals surface area contributed by atoms with Crippen molar-refractivity contribution in [1.29, 1.82) is 0 Å². The Bertz CT molecular complexity index is 731. The first-order valence-electron chi connectivity index (χ1n) is 8.60. The summed E-state index contributed by atoms with van der Waals surface area (Å²) in [5, 5.41) is 0. The molecule has 0 unspecified atom stereocenters. The van der Waals surface area contributed by atoms with Crippen molar-refractivity contribution in [3.8, 4) is 0 Å². The summed E-state index contributed by atoms with van der Waals surface area (Å²) in [5.41, 5.74) is 8.78. The molecule has 6 nitrogen and oxygen atoms in total. The summed E-state index contributed by atoms with van der Waals surface area (Å²) in [7, 11) is -3.16. The Morgan fingerprint density at radius 2 is 1.92 bits per heavy atom. The lowest BCUT2D eigenvalue weighted by Crippen LogP contribution is -2.46. The van der Waals surface area contributed by atoms with Gasteiger partial charge in [-0.15, -0.1) is 12.4 Å². The largest absolute Gasteiger partial charge is 0.398 e. The fourth-order valence-electron chi connectivity index (χ4n) is 3.66. The maximum absolute atomic E-state index is 13.0. The number of halogens is 1. The predicted octanol–water partition coefficient (Wildman–Crippen LogP) is 2.03. The lowest BCUT2D eigenvalue weighted by atomic mass is 9.93. The minimum atomic E-state index is -3.16. The number of hydrogen-bond acceptors (Lipinski definition) is 4. The molecule has 1 fully saturated rings. The van der Waals surface area contributed by atoms with Crippen LogP contribution in [0.4, 0.5) is 11.4 Å². The third-order valence-electron chi connectivity index (χ3n) is 5.11. The molecule has 3 rings (SSSR count). The number of fused-ring (bicyclic) bond motifs is 1. The molecule has 1 amide bonds. The first kappa shape index (κ1) is 20.0. The molecule has 0 bridgehead atoms. The molecule has 0 saturated carbocycles. The quantitative estimate of drug-likeness (QED) is 0.804. The summed E-state index contributed by atoms with van der Waals surface area (Å²) < 4.78 is 25.4. The van der Waals surface area contributed by atoms with Gasteiger partial charge >= 0.3 is 0 Å². The summed E-state index contributed by atoms with van der Waals surface area (Å²) in [6.45, 7) is 3.23. The van der Waals surface area contributed by atoms with E-state index in [2.05, 4.69) is 0 Å². The zero-order valence-electron chi connectivity index (χ0n) is 14.5. The van der Waals surface area contributed by atoms with Crippen LogP contribution in [-0.2, 0) is 21.2 Å². The summed E-state index contributed by atoms with van der Waals surface area (Å²) in [4.78, 5) is 14.8. The van der Waals surface area contributed by atoms with E-state index >= 15 is 0 Å². The van der Waals surface area contributed by atoms with E-state index in [1.807, 2.05) is 23.1 Å². The molecule has 0 spiro atoms. The molecular formula is C17H26ClN3O3S. The normalized spacial score (nSPS) is 19.2. The Balaban J connectivity index is 0.00000225. The van der Waals surface area contributed by atoms with E-state index in [4.69, 9.17) is 5.73 Å². The number of hydrogen-bond donors (Lipinski definition) is 1. The van der Waals surface area contributed by atoms with Gasteiger partial charge in [-0.2, -0.15) is 0 Å². The highest BCUT2D eigenvalue weighted by Gasteiger charge is 2.34. The molecule has 0 atom stereocenters. The van der Waals surface area contributed by atoms with E-state index in [-0.39, 0.29) is 30.0 Å². The van der Waals surface area contributed by atoms with Gasteiger partial charge in [-0.05, 0) is 50.3 Å². The number of anilines is 2. The van der Waals surface area contributed by atoms with E-state index in [0.717, 1.165) is 29.8 Å². The number of carbonyl (C=O) groups is 1. The minimum absolute atomic E-state index is 0. The number of nitrogens with two attached hydrogens (primary N) is 1. The van der Waals surface area contributed by atoms with Gasteiger partial charge in [0, 0.05) is 36.9 Å². The SMILES string of the molecule is CCS(=O)(=O)N1CCC(C(=O)N2CCCc3c(N)cccc32)CC1.Cl. The molecule has 2 heterocycles. The zero-order chi connectivity index (χ0) is 17.3. The molecule has 25 heavy (non-hydrogen) atoms. The molecule has 140 valence electrons. The van der Waals surface area contributed by atoms with Crippen molar-refractivity contribution in [2.24, 2.45) is 5.92 Å². The van der Waals surface area contributed by atoms with Gasteiger partial charge < -0.3 is 10.6 Å². The smallest absolute Gasteiger partial charge is 0.230 e. The van der Waals surface area contributed by atoms with Crippen molar-refractivity contribution >= 4 is 39.7 Å². The van der Waals surface area contributed by atoms with Crippen LogP contribution in [-0.4, -0.2) is 44.0 Å². The number of rotatable bonds is 3. The van der Waals surface area contributed by atoms with E-state index in [1.54, 1.807) is 6.92 Å². The molecule has 0 radical (unpaired) electrons. The highest BCUT2D eigenvalue weighted by atomic mass is 35.5. The van der Waals surface area contributed by atoms with Crippen molar-refractivity contribution in [1.82, 2.24) is 4.31 Å². The molecule has 0 aliphatic carbocycles. The maximum atomic E-state index is 13.0. The lowest BCUT2D eigenvalue weighted by Gasteiger charge is -2.36. The van der Waals surface area contributed by atoms with Crippen LogP contribution in [0.25, 0.3) is 0 Å². The van der Waals surface area contributed by atoms with E-state index in [1.165, 1.54) is 4.31 Å². The fourth-order valence-corrected chi connectivity index (χ4v) is 4.80. The van der Waals surface area contributed by atoms with Gasteiger partial charge in [0.2, 0.25) is 15.9 Å². The second kappa shape index (κ2) is 7.93. The molecule has 2 aliphatic rings. The van der Waals surface area contributed by atoms with Crippen LogP contribution in [0.5, 0.6) is 0 Å². The van der Waals surface area contributed by atoms with Crippen LogP contribution < -0.4 is 10.6 Å².